The van der Waals surface area contributed by atoms with Crippen molar-refractivity contribution < 1.29 is 9.53 Å². The van der Waals surface area contributed by atoms with Gasteiger partial charge in [0.25, 0.3) is 0 Å². The molecule has 1 rings (SSSR count). The third-order valence-corrected chi connectivity index (χ3v) is 2.49. The van der Waals surface area contributed by atoms with Crippen LogP contribution in [0.5, 0.6) is 0 Å². The van der Waals surface area contributed by atoms with Crippen LogP contribution >= 0.6 is 0 Å². The van der Waals surface area contributed by atoms with E-state index in [0.717, 1.165) is 12.8 Å². The van der Waals surface area contributed by atoms with E-state index in [2.05, 4.69) is 6.58 Å². The number of allylic oxidation sites excluding steroid dienone is 1. The molecule has 0 aliphatic carbocycles. The average molecular weight is 168 g/mol. The Labute approximate surface area is 73.6 Å². The predicted molar refractivity (Wildman–Crippen MR) is 47.7 cm³/mol. The van der Waals surface area contributed by atoms with Gasteiger partial charge in [0.05, 0.1) is 6.42 Å². The van der Waals surface area contributed by atoms with Gasteiger partial charge in [0.2, 0.25) is 0 Å². The van der Waals surface area contributed by atoms with Crippen molar-refractivity contribution in [1.82, 2.24) is 0 Å². The molecule has 68 valence electrons. The SMILES string of the molecule is C=CCCC1CC(=O)OC1(C)C. The molecule has 0 spiro atoms. The van der Waals surface area contributed by atoms with E-state index < -0.39 is 0 Å². The second-order valence-corrected chi connectivity index (χ2v) is 3.84. The molecule has 1 aliphatic rings. The fraction of sp³-hybridized carbons (Fsp3) is 0.700. The maximum absolute atomic E-state index is 11.0. The van der Waals surface area contributed by atoms with Crippen molar-refractivity contribution in [1.29, 1.82) is 0 Å². The quantitative estimate of drug-likeness (QED) is 0.477. The summed E-state index contributed by atoms with van der Waals surface area (Å²) in [4.78, 5) is 11.0. The summed E-state index contributed by atoms with van der Waals surface area (Å²) in [6.07, 6.45) is 4.42. The highest BCUT2D eigenvalue weighted by molar-refractivity contribution is 5.72. The Morgan fingerprint density at radius 2 is 2.42 bits per heavy atom. The van der Waals surface area contributed by atoms with Crippen LogP contribution in [0.15, 0.2) is 12.7 Å². The third kappa shape index (κ3) is 1.87. The standard InChI is InChI=1S/C10H16O2/c1-4-5-6-8-7-9(11)12-10(8,2)3/h4,8H,1,5-7H2,2-3H3. The van der Waals surface area contributed by atoms with Crippen molar-refractivity contribution >= 4 is 5.97 Å². The molecule has 12 heavy (non-hydrogen) atoms. The van der Waals surface area contributed by atoms with Crippen molar-refractivity contribution in [3.05, 3.63) is 12.7 Å². The first kappa shape index (κ1) is 9.30. The van der Waals surface area contributed by atoms with Gasteiger partial charge in [-0.15, -0.1) is 6.58 Å². The van der Waals surface area contributed by atoms with Crippen molar-refractivity contribution in [3.63, 3.8) is 0 Å². The molecular weight excluding hydrogens is 152 g/mol. The molecule has 0 amide bonds. The summed E-state index contributed by atoms with van der Waals surface area (Å²) in [6, 6.07) is 0. The predicted octanol–water partition coefficient (Wildman–Crippen LogP) is 2.29. The minimum atomic E-state index is -0.264. The first-order valence-corrected chi connectivity index (χ1v) is 4.39. The topological polar surface area (TPSA) is 26.3 Å². The first-order valence-electron chi connectivity index (χ1n) is 4.39. The molecular formula is C10H16O2. The maximum Gasteiger partial charge on any atom is 0.306 e. The van der Waals surface area contributed by atoms with E-state index in [4.69, 9.17) is 4.74 Å². The van der Waals surface area contributed by atoms with Crippen LogP contribution < -0.4 is 0 Å². The number of hydrogen-bond donors (Lipinski definition) is 0. The molecule has 0 aromatic rings. The number of esters is 1. The summed E-state index contributed by atoms with van der Waals surface area (Å²) in [7, 11) is 0. The van der Waals surface area contributed by atoms with Gasteiger partial charge in [-0.3, -0.25) is 4.79 Å². The minimum absolute atomic E-state index is 0.0611. The number of rotatable bonds is 3. The maximum atomic E-state index is 11.0. The van der Waals surface area contributed by atoms with E-state index in [0.29, 0.717) is 12.3 Å². The summed E-state index contributed by atoms with van der Waals surface area (Å²) in [5, 5.41) is 0. The van der Waals surface area contributed by atoms with E-state index >= 15 is 0 Å². The monoisotopic (exact) mass is 168 g/mol. The average Bonchev–Trinajstić information content (AvgIpc) is 2.20. The van der Waals surface area contributed by atoms with Crippen LogP contribution in [0, 0.1) is 5.92 Å². The van der Waals surface area contributed by atoms with E-state index in [1.165, 1.54) is 0 Å². The van der Waals surface area contributed by atoms with Gasteiger partial charge >= 0.3 is 5.97 Å². The van der Waals surface area contributed by atoms with Crippen LogP contribution in [0.1, 0.15) is 33.1 Å². The minimum Gasteiger partial charge on any atom is -0.459 e. The summed E-state index contributed by atoms with van der Waals surface area (Å²) < 4.78 is 5.19. The van der Waals surface area contributed by atoms with Crippen LogP contribution in [0.2, 0.25) is 0 Å². The van der Waals surface area contributed by atoms with Crippen molar-refractivity contribution in [2.75, 3.05) is 0 Å². The lowest BCUT2D eigenvalue weighted by Gasteiger charge is -2.23. The zero-order chi connectivity index (χ0) is 9.19. The molecule has 0 saturated carbocycles. The van der Waals surface area contributed by atoms with E-state index in [1.807, 2.05) is 19.9 Å². The van der Waals surface area contributed by atoms with Crippen LogP contribution in [-0.2, 0) is 9.53 Å². The highest BCUT2D eigenvalue weighted by atomic mass is 16.6. The molecule has 2 heteroatoms. The number of cyclic esters (lactones) is 1. The first-order chi connectivity index (χ1) is 5.56. The smallest absolute Gasteiger partial charge is 0.306 e. The lowest BCUT2D eigenvalue weighted by atomic mass is 9.87. The molecule has 0 aromatic heterocycles. The molecule has 1 atom stereocenters. The van der Waals surface area contributed by atoms with Gasteiger partial charge < -0.3 is 4.74 Å². The molecule has 1 unspecified atom stereocenters. The molecule has 1 aliphatic heterocycles. The van der Waals surface area contributed by atoms with E-state index in [-0.39, 0.29) is 11.6 Å². The largest absolute Gasteiger partial charge is 0.459 e. The molecule has 0 aromatic carbocycles. The molecule has 2 nitrogen and oxygen atoms in total. The molecule has 1 heterocycles. The molecule has 1 saturated heterocycles. The Bertz CT molecular complexity index is 194. The zero-order valence-electron chi connectivity index (χ0n) is 7.80. The van der Waals surface area contributed by atoms with Crippen LogP contribution in [-0.4, -0.2) is 11.6 Å². The van der Waals surface area contributed by atoms with Gasteiger partial charge in [0.15, 0.2) is 0 Å². The van der Waals surface area contributed by atoms with Gasteiger partial charge in [-0.05, 0) is 26.7 Å². The van der Waals surface area contributed by atoms with Crippen molar-refractivity contribution in [2.45, 2.75) is 38.7 Å². The van der Waals surface area contributed by atoms with Crippen molar-refractivity contribution in [2.24, 2.45) is 5.92 Å². The second-order valence-electron chi connectivity index (χ2n) is 3.84. The van der Waals surface area contributed by atoms with Gasteiger partial charge in [0.1, 0.15) is 5.60 Å². The third-order valence-electron chi connectivity index (χ3n) is 2.49. The normalized spacial score (nSPS) is 26.8. The Morgan fingerprint density at radius 1 is 1.75 bits per heavy atom. The van der Waals surface area contributed by atoms with E-state index in [9.17, 15) is 4.79 Å². The van der Waals surface area contributed by atoms with Gasteiger partial charge in [-0.2, -0.15) is 0 Å². The van der Waals surface area contributed by atoms with E-state index in [1.54, 1.807) is 0 Å². The van der Waals surface area contributed by atoms with Crippen LogP contribution in [0.25, 0.3) is 0 Å². The molecule has 0 N–H and O–H groups in total. The van der Waals surface area contributed by atoms with Crippen LogP contribution in [0.4, 0.5) is 0 Å². The summed E-state index contributed by atoms with van der Waals surface area (Å²) in [6.45, 7) is 7.62. The zero-order valence-corrected chi connectivity index (χ0v) is 7.80. The van der Waals surface area contributed by atoms with Crippen LogP contribution in [0.3, 0.4) is 0 Å². The molecule has 0 radical (unpaired) electrons. The fourth-order valence-electron chi connectivity index (χ4n) is 1.63. The lowest BCUT2D eigenvalue weighted by molar-refractivity contribution is -0.146. The number of hydrogen-bond acceptors (Lipinski definition) is 2. The van der Waals surface area contributed by atoms with Gasteiger partial charge in [-0.1, -0.05) is 6.08 Å². The summed E-state index contributed by atoms with van der Waals surface area (Å²) in [5.74, 6) is 0.303. The Balaban J connectivity index is 2.52. The number of carbonyl (C=O) groups is 1. The second kappa shape index (κ2) is 3.30. The lowest BCUT2D eigenvalue weighted by Crippen LogP contribution is -2.27. The Hall–Kier alpha value is -0.790. The number of carbonyl (C=O) groups excluding carboxylic acids is 1. The number of ether oxygens (including phenoxy) is 1. The Kier molecular flexibility index (Phi) is 2.55. The summed E-state index contributed by atoms with van der Waals surface area (Å²) in [5.41, 5.74) is -0.264. The summed E-state index contributed by atoms with van der Waals surface area (Å²) >= 11 is 0. The fourth-order valence-corrected chi connectivity index (χ4v) is 1.63. The molecule has 0 bridgehead atoms. The highest BCUT2D eigenvalue weighted by Gasteiger charge is 2.40. The Morgan fingerprint density at radius 3 is 2.83 bits per heavy atom. The molecule has 1 fully saturated rings. The van der Waals surface area contributed by atoms with Gasteiger partial charge in [-0.25, -0.2) is 0 Å². The van der Waals surface area contributed by atoms with Gasteiger partial charge in [0, 0.05) is 5.92 Å². The highest BCUT2D eigenvalue weighted by Crippen LogP contribution is 2.35. The van der Waals surface area contributed by atoms with Crippen molar-refractivity contribution in [3.8, 4) is 0 Å².